The van der Waals surface area contributed by atoms with Crippen molar-refractivity contribution in [3.8, 4) is 0 Å². The normalized spacial score (nSPS) is 18.2. The smallest absolute Gasteiger partial charge is 0.258 e. The summed E-state index contributed by atoms with van der Waals surface area (Å²) in [6.45, 7) is 0. The largest absolute Gasteiger partial charge is 0.386 e. The average Bonchev–Trinajstić information content (AvgIpc) is 2.87. The molecule has 0 spiro atoms. The number of H-pyrrole nitrogens is 1. The fourth-order valence-electron chi connectivity index (χ4n) is 1.46. The third kappa shape index (κ3) is 2.22. The molecule has 1 aromatic heterocycles. The van der Waals surface area contributed by atoms with Crippen molar-refractivity contribution in [1.29, 1.82) is 5.41 Å². The third-order valence-corrected chi connectivity index (χ3v) is 3.84. The third-order valence-electron chi connectivity index (χ3n) is 2.47. The Morgan fingerprint density at radius 3 is 2.81 bits per heavy atom. The van der Waals surface area contributed by atoms with Gasteiger partial charge >= 0.3 is 0 Å². The van der Waals surface area contributed by atoms with Gasteiger partial charge < -0.3 is 10.7 Å². The number of imidazole rings is 1. The zero-order chi connectivity index (χ0) is 11.8. The maximum absolute atomic E-state index is 11.8. The number of rotatable bonds is 5. The first kappa shape index (κ1) is 11.1. The summed E-state index contributed by atoms with van der Waals surface area (Å²) in [5.74, 6) is 0.000728. The molecule has 0 aromatic carbocycles. The first-order valence-corrected chi connectivity index (χ1v) is 6.33. The van der Waals surface area contributed by atoms with Crippen LogP contribution in [0.15, 0.2) is 17.6 Å². The minimum absolute atomic E-state index is 0.0144. The van der Waals surface area contributed by atoms with E-state index in [1.54, 1.807) is 0 Å². The van der Waals surface area contributed by atoms with E-state index in [0.29, 0.717) is 0 Å². The summed E-state index contributed by atoms with van der Waals surface area (Å²) < 4.78 is 26.0. The molecule has 88 valence electrons. The van der Waals surface area contributed by atoms with Gasteiger partial charge in [0.25, 0.3) is 10.0 Å². The molecular formula is C8H13N5O2S. The molecule has 8 heteroatoms. The summed E-state index contributed by atoms with van der Waals surface area (Å²) >= 11 is 0. The lowest BCUT2D eigenvalue weighted by Crippen LogP contribution is -2.45. The topological polar surface area (TPSA) is 125 Å². The Bertz CT molecular complexity index is 477. The van der Waals surface area contributed by atoms with Gasteiger partial charge in [0.05, 0.1) is 18.6 Å². The molecule has 0 saturated heterocycles. The summed E-state index contributed by atoms with van der Waals surface area (Å²) in [4.78, 5) is 6.15. The van der Waals surface area contributed by atoms with E-state index in [4.69, 9.17) is 11.1 Å². The number of amidine groups is 1. The summed E-state index contributed by atoms with van der Waals surface area (Å²) in [5.41, 5.74) is 5.37. The van der Waals surface area contributed by atoms with Gasteiger partial charge in [-0.1, -0.05) is 0 Å². The van der Waals surface area contributed by atoms with Crippen LogP contribution < -0.4 is 10.5 Å². The number of aromatic nitrogens is 2. The summed E-state index contributed by atoms with van der Waals surface area (Å²) in [5, 5.41) is 7.34. The van der Waals surface area contributed by atoms with Gasteiger partial charge in [0.2, 0.25) is 0 Å². The van der Waals surface area contributed by atoms with E-state index >= 15 is 0 Å². The van der Waals surface area contributed by atoms with Gasteiger partial charge in [-0.25, -0.2) is 13.4 Å². The molecule has 1 aliphatic rings. The highest BCUT2D eigenvalue weighted by Crippen LogP contribution is 2.33. The number of sulfonamides is 1. The lowest BCUT2D eigenvalue weighted by molar-refractivity contribution is 0.560. The van der Waals surface area contributed by atoms with Crippen LogP contribution in [0.4, 0.5) is 0 Å². The molecule has 1 aromatic rings. The summed E-state index contributed by atoms with van der Waals surface area (Å²) in [6.07, 6.45) is 4.30. The van der Waals surface area contributed by atoms with Crippen LogP contribution in [-0.4, -0.2) is 30.3 Å². The van der Waals surface area contributed by atoms with Crippen molar-refractivity contribution in [2.24, 2.45) is 11.7 Å². The van der Waals surface area contributed by atoms with E-state index in [0.717, 1.165) is 12.8 Å². The second kappa shape index (κ2) is 3.87. The minimum Gasteiger partial charge on any atom is -0.386 e. The maximum atomic E-state index is 11.8. The Kier molecular flexibility index (Phi) is 2.68. The SMILES string of the molecule is N=C(N)C(NS(=O)(=O)c1cnc[nH]1)C1CC1. The van der Waals surface area contributed by atoms with E-state index in [-0.39, 0.29) is 16.8 Å². The Balaban J connectivity index is 2.16. The summed E-state index contributed by atoms with van der Waals surface area (Å²) in [7, 11) is -3.66. The highest BCUT2D eigenvalue weighted by Gasteiger charge is 2.36. The van der Waals surface area contributed by atoms with Gasteiger partial charge in [-0.15, -0.1) is 0 Å². The van der Waals surface area contributed by atoms with Gasteiger partial charge in [-0.3, -0.25) is 5.41 Å². The number of nitrogens with two attached hydrogens (primary N) is 1. The van der Waals surface area contributed by atoms with Crippen molar-refractivity contribution in [3.63, 3.8) is 0 Å². The molecule has 2 rings (SSSR count). The van der Waals surface area contributed by atoms with E-state index < -0.39 is 16.1 Å². The van der Waals surface area contributed by atoms with Crippen LogP contribution in [0.5, 0.6) is 0 Å². The lowest BCUT2D eigenvalue weighted by atomic mass is 10.2. The van der Waals surface area contributed by atoms with Gasteiger partial charge in [-0.2, -0.15) is 4.72 Å². The molecule has 0 amide bonds. The van der Waals surface area contributed by atoms with Crippen molar-refractivity contribution in [2.45, 2.75) is 23.9 Å². The maximum Gasteiger partial charge on any atom is 0.258 e. The predicted octanol–water partition coefficient (Wildman–Crippen LogP) is -0.597. The van der Waals surface area contributed by atoms with E-state index in [2.05, 4.69) is 14.7 Å². The second-order valence-corrected chi connectivity index (χ2v) is 5.49. The Morgan fingerprint density at radius 1 is 1.69 bits per heavy atom. The molecule has 0 bridgehead atoms. The number of aromatic amines is 1. The van der Waals surface area contributed by atoms with E-state index in [1.807, 2.05) is 0 Å². The van der Waals surface area contributed by atoms with Crippen molar-refractivity contribution in [3.05, 3.63) is 12.5 Å². The molecule has 1 aliphatic carbocycles. The molecule has 0 aliphatic heterocycles. The van der Waals surface area contributed by atoms with Crippen LogP contribution in [0.3, 0.4) is 0 Å². The first-order valence-electron chi connectivity index (χ1n) is 4.85. The van der Waals surface area contributed by atoms with Crippen molar-refractivity contribution in [1.82, 2.24) is 14.7 Å². The molecule has 16 heavy (non-hydrogen) atoms. The fraction of sp³-hybridized carbons (Fsp3) is 0.500. The van der Waals surface area contributed by atoms with Gasteiger partial charge in [0.15, 0.2) is 5.03 Å². The average molecular weight is 243 g/mol. The summed E-state index contributed by atoms with van der Waals surface area (Å²) in [6, 6.07) is -0.603. The van der Waals surface area contributed by atoms with Gasteiger partial charge in [0, 0.05) is 0 Å². The number of nitrogens with one attached hydrogen (secondary N) is 3. The number of nitrogens with zero attached hydrogens (tertiary/aromatic N) is 1. The van der Waals surface area contributed by atoms with E-state index in [1.165, 1.54) is 12.5 Å². The molecule has 1 unspecified atom stereocenters. The zero-order valence-electron chi connectivity index (χ0n) is 8.47. The minimum atomic E-state index is -3.66. The Labute approximate surface area is 93.0 Å². The highest BCUT2D eigenvalue weighted by molar-refractivity contribution is 7.89. The van der Waals surface area contributed by atoms with Gasteiger partial charge in [-0.05, 0) is 18.8 Å². The molecule has 1 atom stereocenters. The molecule has 0 radical (unpaired) electrons. The first-order chi connectivity index (χ1) is 7.50. The monoisotopic (exact) mass is 243 g/mol. The van der Waals surface area contributed by atoms with Crippen molar-refractivity contribution in [2.75, 3.05) is 0 Å². The fourth-order valence-corrected chi connectivity index (χ4v) is 2.65. The van der Waals surface area contributed by atoms with Gasteiger partial charge in [0.1, 0.15) is 5.84 Å². The number of hydrogen-bond donors (Lipinski definition) is 4. The Hall–Kier alpha value is -1.41. The molecule has 1 heterocycles. The van der Waals surface area contributed by atoms with Crippen LogP contribution in [0.25, 0.3) is 0 Å². The van der Waals surface area contributed by atoms with Crippen LogP contribution >= 0.6 is 0 Å². The standard InChI is InChI=1S/C8H13N5O2S/c9-8(10)7(5-1-2-5)13-16(14,15)6-3-11-4-12-6/h3-5,7,13H,1-2H2,(H3,9,10)(H,11,12). The van der Waals surface area contributed by atoms with Crippen LogP contribution in [0, 0.1) is 11.3 Å². The van der Waals surface area contributed by atoms with Crippen LogP contribution in [0.2, 0.25) is 0 Å². The molecule has 1 fully saturated rings. The second-order valence-electron chi connectivity index (χ2n) is 3.81. The van der Waals surface area contributed by atoms with E-state index in [9.17, 15) is 8.42 Å². The predicted molar refractivity (Wildman–Crippen MR) is 57.3 cm³/mol. The highest BCUT2D eigenvalue weighted by atomic mass is 32.2. The van der Waals surface area contributed by atoms with Crippen LogP contribution in [-0.2, 0) is 10.0 Å². The zero-order valence-corrected chi connectivity index (χ0v) is 9.29. The molecule has 7 nitrogen and oxygen atoms in total. The molecular weight excluding hydrogens is 230 g/mol. The van der Waals surface area contributed by atoms with Crippen molar-refractivity contribution >= 4 is 15.9 Å². The van der Waals surface area contributed by atoms with Crippen LogP contribution in [0.1, 0.15) is 12.8 Å². The molecule has 1 saturated carbocycles. The molecule has 5 N–H and O–H groups in total. The van der Waals surface area contributed by atoms with Crippen molar-refractivity contribution < 1.29 is 8.42 Å². The number of hydrogen-bond acceptors (Lipinski definition) is 4. The lowest BCUT2D eigenvalue weighted by Gasteiger charge is -2.15. The quantitative estimate of drug-likeness (QED) is 0.407. The Morgan fingerprint density at radius 2 is 2.38 bits per heavy atom.